The van der Waals surface area contributed by atoms with Crippen LogP contribution in [0.5, 0.6) is 0 Å². The van der Waals surface area contributed by atoms with E-state index in [-0.39, 0.29) is 5.56 Å². The predicted molar refractivity (Wildman–Crippen MR) is 87.5 cm³/mol. The molecule has 1 aromatic carbocycles. The van der Waals surface area contributed by atoms with Crippen molar-refractivity contribution in [2.45, 2.75) is 36.6 Å². The molecule has 0 aliphatic heterocycles. The molecule has 0 fully saturated rings. The fourth-order valence-electron chi connectivity index (χ4n) is 2.46. The number of nitrogens with zero attached hydrogens (tertiary/aromatic N) is 1. The molecule has 1 aliphatic carbocycles. The highest BCUT2D eigenvalue weighted by Gasteiger charge is 2.16. The lowest BCUT2D eigenvalue weighted by molar-refractivity contribution is 0.641. The first-order chi connectivity index (χ1) is 10.1. The zero-order valence-electron chi connectivity index (χ0n) is 11.3. The molecular weight excluding hydrogens is 327 g/mol. The molecule has 1 N–H and O–H groups in total. The van der Waals surface area contributed by atoms with Crippen LogP contribution in [0.4, 0.5) is 0 Å². The number of hydrogen-bond acceptors (Lipinski definition) is 3. The number of fused-ring (bicyclic) bond motifs is 1. The number of aryl methyl sites for hydroxylation is 1. The number of aromatic nitrogens is 2. The van der Waals surface area contributed by atoms with E-state index in [2.05, 4.69) is 9.97 Å². The van der Waals surface area contributed by atoms with Crippen molar-refractivity contribution in [2.75, 3.05) is 0 Å². The summed E-state index contributed by atoms with van der Waals surface area (Å²) < 4.78 is 0. The number of halogens is 2. The largest absolute Gasteiger partial charge is 0.301 e. The minimum atomic E-state index is -0.00699. The summed E-state index contributed by atoms with van der Waals surface area (Å²) in [5.41, 5.74) is 2.65. The van der Waals surface area contributed by atoms with E-state index in [1.807, 2.05) is 18.2 Å². The maximum absolute atomic E-state index is 12.1. The summed E-state index contributed by atoms with van der Waals surface area (Å²) >= 11 is 13.8. The quantitative estimate of drug-likeness (QED) is 0.671. The molecular formula is C15H14Cl2N2OS. The van der Waals surface area contributed by atoms with Crippen LogP contribution in [0.15, 0.2) is 28.2 Å². The summed E-state index contributed by atoms with van der Waals surface area (Å²) in [7, 11) is 0. The highest BCUT2D eigenvalue weighted by atomic mass is 35.5. The van der Waals surface area contributed by atoms with E-state index in [4.69, 9.17) is 23.2 Å². The third-order valence-electron chi connectivity index (χ3n) is 3.58. The fraction of sp³-hybridized carbons (Fsp3) is 0.333. The van der Waals surface area contributed by atoms with Gasteiger partial charge in [0.25, 0.3) is 5.56 Å². The van der Waals surface area contributed by atoms with E-state index in [0.717, 1.165) is 42.5 Å². The molecule has 21 heavy (non-hydrogen) atoms. The molecule has 3 rings (SSSR count). The van der Waals surface area contributed by atoms with E-state index < -0.39 is 0 Å². The predicted octanol–water partition coefficient (Wildman–Crippen LogP) is 4.25. The molecule has 2 aromatic rings. The first kappa shape index (κ1) is 14.9. The minimum absolute atomic E-state index is 0.00699. The van der Waals surface area contributed by atoms with Crippen molar-refractivity contribution in [1.82, 2.24) is 9.97 Å². The monoisotopic (exact) mass is 340 g/mol. The van der Waals surface area contributed by atoms with Gasteiger partial charge >= 0.3 is 0 Å². The Morgan fingerprint density at radius 2 is 1.90 bits per heavy atom. The van der Waals surface area contributed by atoms with Gasteiger partial charge < -0.3 is 4.98 Å². The van der Waals surface area contributed by atoms with Gasteiger partial charge in [-0.2, -0.15) is 0 Å². The number of nitrogens with one attached hydrogen (secondary N) is 1. The number of hydrogen-bond donors (Lipinski definition) is 1. The van der Waals surface area contributed by atoms with Gasteiger partial charge in [-0.25, -0.2) is 4.98 Å². The topological polar surface area (TPSA) is 45.8 Å². The Labute approximate surface area is 137 Å². The van der Waals surface area contributed by atoms with E-state index in [1.165, 1.54) is 11.8 Å². The minimum Gasteiger partial charge on any atom is -0.301 e. The Morgan fingerprint density at radius 1 is 1.19 bits per heavy atom. The van der Waals surface area contributed by atoms with Crippen molar-refractivity contribution < 1.29 is 0 Å². The van der Waals surface area contributed by atoms with Crippen LogP contribution in [0.3, 0.4) is 0 Å². The third kappa shape index (κ3) is 3.28. The molecule has 0 spiro atoms. The van der Waals surface area contributed by atoms with Gasteiger partial charge in [-0.3, -0.25) is 4.79 Å². The zero-order valence-corrected chi connectivity index (χ0v) is 13.6. The van der Waals surface area contributed by atoms with Gasteiger partial charge in [-0.1, -0.05) is 41.0 Å². The van der Waals surface area contributed by atoms with Crippen molar-refractivity contribution >= 4 is 35.0 Å². The Morgan fingerprint density at radius 3 is 2.67 bits per heavy atom. The molecule has 6 heteroatoms. The van der Waals surface area contributed by atoms with Crippen LogP contribution in [0.1, 0.15) is 29.7 Å². The maximum Gasteiger partial charge on any atom is 0.254 e. The molecule has 1 aliphatic rings. The smallest absolute Gasteiger partial charge is 0.254 e. The summed E-state index contributed by atoms with van der Waals surface area (Å²) in [5, 5.41) is 1.90. The average molecular weight is 341 g/mol. The van der Waals surface area contributed by atoms with E-state index in [1.54, 1.807) is 0 Å². The van der Waals surface area contributed by atoms with Gasteiger partial charge in [-0.15, -0.1) is 0 Å². The highest BCUT2D eigenvalue weighted by molar-refractivity contribution is 7.98. The van der Waals surface area contributed by atoms with Crippen LogP contribution >= 0.6 is 35.0 Å². The first-order valence-corrected chi connectivity index (χ1v) is 8.57. The Hall–Kier alpha value is -0.970. The van der Waals surface area contributed by atoms with Crippen molar-refractivity contribution in [3.05, 3.63) is 55.4 Å². The summed E-state index contributed by atoms with van der Waals surface area (Å²) in [6.45, 7) is 0. The number of H-pyrrole nitrogens is 1. The first-order valence-electron chi connectivity index (χ1n) is 6.83. The fourth-order valence-corrected chi connectivity index (χ4v) is 4.08. The summed E-state index contributed by atoms with van der Waals surface area (Å²) in [5.74, 6) is 0.584. The molecule has 0 radical (unpaired) electrons. The lowest BCUT2D eigenvalue weighted by atomic mass is 9.97. The highest BCUT2D eigenvalue weighted by Crippen LogP contribution is 2.30. The molecule has 3 nitrogen and oxygen atoms in total. The second-order valence-electron chi connectivity index (χ2n) is 4.99. The molecule has 0 saturated heterocycles. The van der Waals surface area contributed by atoms with E-state index >= 15 is 0 Å². The van der Waals surface area contributed by atoms with Crippen molar-refractivity contribution in [3.8, 4) is 0 Å². The molecule has 0 atom stereocenters. The van der Waals surface area contributed by atoms with E-state index in [9.17, 15) is 4.79 Å². The number of thioether (sulfide) groups is 1. The second-order valence-corrected chi connectivity index (χ2v) is 6.77. The Bertz CT molecular complexity index is 710. The summed E-state index contributed by atoms with van der Waals surface area (Å²) in [6.07, 6.45) is 3.89. The molecule has 0 saturated carbocycles. The van der Waals surface area contributed by atoms with Crippen LogP contribution in [0, 0.1) is 0 Å². The van der Waals surface area contributed by atoms with Gasteiger partial charge in [0.15, 0.2) is 5.16 Å². The normalized spacial score (nSPS) is 14.0. The van der Waals surface area contributed by atoms with Crippen molar-refractivity contribution in [1.29, 1.82) is 0 Å². The molecule has 110 valence electrons. The van der Waals surface area contributed by atoms with Crippen LogP contribution in [-0.4, -0.2) is 9.97 Å². The number of aromatic amines is 1. The SMILES string of the molecule is O=c1[nH]c(SCc2c(Cl)cccc2Cl)nc2c1CCCC2. The molecule has 0 bridgehead atoms. The maximum atomic E-state index is 12.1. The van der Waals surface area contributed by atoms with Gasteiger partial charge in [0.05, 0.1) is 5.69 Å². The van der Waals surface area contributed by atoms with Crippen molar-refractivity contribution in [3.63, 3.8) is 0 Å². The Kier molecular flexibility index (Phi) is 4.57. The van der Waals surface area contributed by atoms with Gasteiger partial charge in [0.1, 0.15) is 0 Å². The zero-order chi connectivity index (χ0) is 14.8. The lowest BCUT2D eigenvalue weighted by Gasteiger charge is -2.14. The van der Waals surface area contributed by atoms with Gasteiger partial charge in [-0.05, 0) is 43.4 Å². The second kappa shape index (κ2) is 6.42. The Balaban J connectivity index is 1.83. The summed E-state index contributed by atoms with van der Waals surface area (Å²) in [4.78, 5) is 19.5. The van der Waals surface area contributed by atoms with Crippen LogP contribution < -0.4 is 5.56 Å². The van der Waals surface area contributed by atoms with Crippen LogP contribution in [0.25, 0.3) is 0 Å². The van der Waals surface area contributed by atoms with Crippen LogP contribution in [-0.2, 0) is 18.6 Å². The van der Waals surface area contributed by atoms with E-state index in [0.29, 0.717) is 21.0 Å². The summed E-state index contributed by atoms with van der Waals surface area (Å²) in [6, 6.07) is 5.44. The average Bonchev–Trinajstić information content (AvgIpc) is 2.47. The molecule has 0 amide bonds. The van der Waals surface area contributed by atoms with Gasteiger partial charge in [0, 0.05) is 21.4 Å². The van der Waals surface area contributed by atoms with Gasteiger partial charge in [0.2, 0.25) is 0 Å². The molecule has 1 heterocycles. The number of benzene rings is 1. The molecule has 0 unspecified atom stereocenters. The van der Waals surface area contributed by atoms with Crippen molar-refractivity contribution in [2.24, 2.45) is 0 Å². The standard InChI is InChI=1S/C15H14Cl2N2OS/c16-11-5-3-6-12(17)10(11)8-21-15-18-13-7-2-1-4-9(13)14(20)19-15/h3,5-6H,1-2,4,7-8H2,(H,18,19,20). The third-order valence-corrected chi connectivity index (χ3v) is 5.19. The lowest BCUT2D eigenvalue weighted by Crippen LogP contribution is -2.21. The number of rotatable bonds is 3. The van der Waals surface area contributed by atoms with Crippen LogP contribution in [0.2, 0.25) is 10.0 Å². The molecule has 1 aromatic heterocycles.